The number of anilines is 1. The van der Waals surface area contributed by atoms with Crippen LogP contribution >= 0.6 is 0 Å². The monoisotopic (exact) mass is 389 g/mol. The third-order valence-corrected chi connectivity index (χ3v) is 5.62. The van der Waals surface area contributed by atoms with Gasteiger partial charge in [-0.1, -0.05) is 6.07 Å². The predicted molar refractivity (Wildman–Crippen MR) is 112 cm³/mol. The number of hydrogen-bond donors (Lipinski definition) is 2. The van der Waals surface area contributed by atoms with Crippen LogP contribution in [0.4, 0.5) is 5.95 Å². The Morgan fingerprint density at radius 2 is 1.97 bits per heavy atom. The summed E-state index contributed by atoms with van der Waals surface area (Å²) in [6, 6.07) is 8.82. The van der Waals surface area contributed by atoms with E-state index in [1.54, 1.807) is 7.11 Å². The summed E-state index contributed by atoms with van der Waals surface area (Å²) >= 11 is 0. The normalized spacial score (nSPS) is 19.5. The Hall–Kier alpha value is -3.26. The van der Waals surface area contributed by atoms with Gasteiger partial charge in [0.2, 0.25) is 11.8 Å². The van der Waals surface area contributed by atoms with Gasteiger partial charge in [-0.05, 0) is 49.4 Å². The van der Waals surface area contributed by atoms with Crippen LogP contribution in [0, 0.1) is 0 Å². The van der Waals surface area contributed by atoms with Crippen molar-refractivity contribution < 1.29 is 4.74 Å². The van der Waals surface area contributed by atoms with Crippen molar-refractivity contribution in [1.29, 1.82) is 0 Å². The molecule has 0 atom stereocenters. The molecule has 8 nitrogen and oxygen atoms in total. The van der Waals surface area contributed by atoms with Crippen LogP contribution in [0.3, 0.4) is 0 Å². The van der Waals surface area contributed by atoms with Gasteiger partial charge in [0, 0.05) is 23.8 Å². The molecule has 3 heterocycles. The van der Waals surface area contributed by atoms with E-state index >= 15 is 0 Å². The fraction of sp³-hybridized carbons (Fsp3) is 0.333. The smallest absolute Gasteiger partial charge is 0.241 e. The van der Waals surface area contributed by atoms with E-state index in [2.05, 4.69) is 25.4 Å². The second-order valence-corrected chi connectivity index (χ2v) is 7.51. The summed E-state index contributed by atoms with van der Waals surface area (Å²) in [6.45, 7) is 0. The summed E-state index contributed by atoms with van der Waals surface area (Å²) in [5.41, 5.74) is 9.87. The lowest BCUT2D eigenvalue weighted by Gasteiger charge is -2.26. The molecule has 3 N–H and O–H groups in total. The van der Waals surface area contributed by atoms with Crippen molar-refractivity contribution in [2.24, 2.45) is 5.73 Å². The molecule has 1 aromatic carbocycles. The number of methoxy groups -OCH3 is 1. The Bertz CT molecular complexity index is 1160. The molecule has 0 saturated heterocycles. The average molecular weight is 389 g/mol. The fourth-order valence-electron chi connectivity index (χ4n) is 4.02. The van der Waals surface area contributed by atoms with Gasteiger partial charge in [-0.15, -0.1) is 5.10 Å². The Labute approximate surface area is 168 Å². The highest BCUT2D eigenvalue weighted by Crippen LogP contribution is 2.30. The first-order chi connectivity index (χ1) is 14.2. The molecule has 5 rings (SSSR count). The van der Waals surface area contributed by atoms with Crippen LogP contribution in [-0.4, -0.2) is 43.8 Å². The van der Waals surface area contributed by atoms with Gasteiger partial charge in [-0.3, -0.25) is 0 Å². The third kappa shape index (κ3) is 3.36. The lowest BCUT2D eigenvalue weighted by molar-refractivity contribution is 0.402. The van der Waals surface area contributed by atoms with Crippen LogP contribution in [0.2, 0.25) is 0 Å². The topological polar surface area (TPSA) is 103 Å². The summed E-state index contributed by atoms with van der Waals surface area (Å²) < 4.78 is 7.25. The van der Waals surface area contributed by atoms with Crippen molar-refractivity contribution in [1.82, 2.24) is 24.6 Å². The first-order valence-electron chi connectivity index (χ1n) is 9.87. The summed E-state index contributed by atoms with van der Waals surface area (Å²) in [6.07, 6.45) is 9.53. The van der Waals surface area contributed by atoms with Crippen LogP contribution in [0.15, 0.2) is 43.0 Å². The Morgan fingerprint density at radius 3 is 2.79 bits per heavy atom. The van der Waals surface area contributed by atoms with Crippen molar-refractivity contribution in [3.05, 3.63) is 43.0 Å². The first kappa shape index (κ1) is 17.8. The van der Waals surface area contributed by atoms with Crippen molar-refractivity contribution >= 4 is 22.4 Å². The van der Waals surface area contributed by atoms with E-state index in [1.165, 1.54) is 6.33 Å². The van der Waals surface area contributed by atoms with Gasteiger partial charge in [0.05, 0.1) is 29.7 Å². The van der Waals surface area contributed by atoms with E-state index in [4.69, 9.17) is 10.5 Å². The molecule has 0 bridgehead atoms. The fourth-order valence-corrected chi connectivity index (χ4v) is 4.02. The summed E-state index contributed by atoms with van der Waals surface area (Å²) in [4.78, 5) is 13.1. The molecule has 148 valence electrons. The molecule has 1 aliphatic rings. The summed E-state index contributed by atoms with van der Waals surface area (Å²) in [5, 5.41) is 8.97. The number of nitrogens with one attached hydrogen (secondary N) is 1. The zero-order valence-corrected chi connectivity index (χ0v) is 16.2. The molecule has 4 aromatic rings. The molecule has 0 aliphatic heterocycles. The van der Waals surface area contributed by atoms with Crippen molar-refractivity contribution in [3.8, 4) is 17.0 Å². The third-order valence-electron chi connectivity index (χ3n) is 5.62. The molecule has 1 aliphatic carbocycles. The molecule has 0 radical (unpaired) electrons. The number of ether oxygens (including phenoxy) is 1. The lowest BCUT2D eigenvalue weighted by atomic mass is 9.92. The zero-order valence-electron chi connectivity index (χ0n) is 16.2. The highest BCUT2D eigenvalue weighted by molar-refractivity contribution is 5.91. The summed E-state index contributed by atoms with van der Waals surface area (Å²) in [7, 11) is 1.62. The minimum absolute atomic E-state index is 0.328. The van der Waals surface area contributed by atoms with Crippen LogP contribution in [0.5, 0.6) is 5.88 Å². The molecule has 0 spiro atoms. The van der Waals surface area contributed by atoms with Gasteiger partial charge in [0.25, 0.3) is 0 Å². The van der Waals surface area contributed by atoms with E-state index in [0.29, 0.717) is 23.9 Å². The van der Waals surface area contributed by atoms with Gasteiger partial charge in [-0.25, -0.2) is 19.5 Å². The minimum Gasteiger partial charge on any atom is -0.480 e. The number of hydrogen-bond acceptors (Lipinski definition) is 7. The molecule has 8 heteroatoms. The van der Waals surface area contributed by atoms with Gasteiger partial charge in [-0.2, -0.15) is 0 Å². The van der Waals surface area contributed by atoms with Crippen LogP contribution in [-0.2, 0) is 0 Å². The minimum atomic E-state index is 0.328. The Balaban J connectivity index is 1.46. The molecule has 0 unspecified atom stereocenters. The second kappa shape index (κ2) is 7.29. The van der Waals surface area contributed by atoms with Gasteiger partial charge in [0.15, 0.2) is 0 Å². The SMILES string of the molecule is COc1ncnc2ccc(-c3ccn4nc(N[C@H]5CC[C@H](N)CC5)ncc34)cc12. The molecule has 1 fully saturated rings. The predicted octanol–water partition coefficient (Wildman–Crippen LogP) is 3.03. The first-order valence-corrected chi connectivity index (χ1v) is 9.87. The van der Waals surface area contributed by atoms with E-state index in [0.717, 1.165) is 53.2 Å². The van der Waals surface area contributed by atoms with Crippen LogP contribution < -0.4 is 15.8 Å². The number of aromatic nitrogens is 5. The quantitative estimate of drug-likeness (QED) is 0.553. The number of benzene rings is 1. The molecule has 1 saturated carbocycles. The molecule has 0 amide bonds. The summed E-state index contributed by atoms with van der Waals surface area (Å²) in [5.74, 6) is 1.21. The van der Waals surface area contributed by atoms with Crippen molar-refractivity contribution in [2.45, 2.75) is 37.8 Å². The largest absolute Gasteiger partial charge is 0.480 e. The molecular formula is C21H23N7O. The van der Waals surface area contributed by atoms with Crippen molar-refractivity contribution in [2.75, 3.05) is 12.4 Å². The van der Waals surface area contributed by atoms with Crippen molar-refractivity contribution in [3.63, 3.8) is 0 Å². The van der Waals surface area contributed by atoms with Crippen LogP contribution in [0.25, 0.3) is 27.5 Å². The highest BCUT2D eigenvalue weighted by atomic mass is 16.5. The average Bonchev–Trinajstić information content (AvgIpc) is 3.18. The number of nitrogens with two attached hydrogens (primary N) is 1. The van der Waals surface area contributed by atoms with E-state index < -0.39 is 0 Å². The number of nitrogens with zero attached hydrogens (tertiary/aromatic N) is 5. The maximum absolute atomic E-state index is 6.00. The standard InChI is InChI=1S/C21H23N7O/c1-29-20-17-10-13(2-7-18(17)24-12-25-20)16-8-9-28-19(16)11-23-21(27-28)26-15-5-3-14(22)4-6-15/h2,7-12,14-15H,3-6,22H2,1H3,(H,26,27)/t14-,15-. The lowest BCUT2D eigenvalue weighted by Crippen LogP contribution is -2.33. The van der Waals surface area contributed by atoms with Crippen LogP contribution in [0.1, 0.15) is 25.7 Å². The Morgan fingerprint density at radius 1 is 1.10 bits per heavy atom. The molecule has 29 heavy (non-hydrogen) atoms. The second-order valence-electron chi connectivity index (χ2n) is 7.51. The highest BCUT2D eigenvalue weighted by Gasteiger charge is 2.19. The van der Waals surface area contributed by atoms with Gasteiger partial charge in [0.1, 0.15) is 6.33 Å². The maximum atomic E-state index is 6.00. The number of rotatable bonds is 4. The molecular weight excluding hydrogens is 366 g/mol. The molecule has 3 aromatic heterocycles. The van der Waals surface area contributed by atoms with E-state index in [-0.39, 0.29) is 0 Å². The van der Waals surface area contributed by atoms with Gasteiger partial charge >= 0.3 is 0 Å². The van der Waals surface area contributed by atoms with Gasteiger partial charge < -0.3 is 15.8 Å². The zero-order chi connectivity index (χ0) is 19.8. The maximum Gasteiger partial charge on any atom is 0.241 e. The number of fused-ring (bicyclic) bond motifs is 2. The Kier molecular flexibility index (Phi) is 4.48. The van der Waals surface area contributed by atoms with E-state index in [9.17, 15) is 0 Å². The van der Waals surface area contributed by atoms with E-state index in [1.807, 2.05) is 41.2 Å².